The second kappa shape index (κ2) is 6.13. The molecule has 1 unspecified atom stereocenters. The third-order valence-electron chi connectivity index (χ3n) is 4.29. The van der Waals surface area contributed by atoms with Gasteiger partial charge in [0.25, 0.3) is 0 Å². The van der Waals surface area contributed by atoms with E-state index in [-0.39, 0.29) is 18.0 Å². The first kappa shape index (κ1) is 16.3. The maximum atomic E-state index is 12.6. The summed E-state index contributed by atoms with van der Waals surface area (Å²) in [5, 5.41) is 20.2. The van der Waals surface area contributed by atoms with Crippen molar-refractivity contribution in [1.82, 2.24) is 0 Å². The number of allylic oxidation sites excluding steroid dienone is 1. The Hall–Kier alpha value is -2.59. The fourth-order valence-electron chi connectivity index (χ4n) is 2.72. The van der Waals surface area contributed by atoms with E-state index in [0.29, 0.717) is 16.9 Å². The summed E-state index contributed by atoms with van der Waals surface area (Å²) >= 11 is 0. The number of benzene rings is 2. The quantitative estimate of drug-likeness (QED) is 0.671. The van der Waals surface area contributed by atoms with E-state index in [2.05, 4.69) is 0 Å². The maximum Gasteiger partial charge on any atom is 0.189 e. The van der Waals surface area contributed by atoms with Gasteiger partial charge in [-0.05, 0) is 37.6 Å². The normalized spacial score (nSPS) is 18.9. The smallest absolute Gasteiger partial charge is 0.189 e. The molecular weight excluding hydrogens is 304 g/mol. The lowest BCUT2D eigenvalue weighted by molar-refractivity contribution is -0.0420. The topological polar surface area (TPSA) is 66.8 Å². The van der Waals surface area contributed by atoms with Crippen molar-refractivity contribution in [3.05, 3.63) is 65.2 Å². The number of aliphatic hydroxyl groups is 1. The highest BCUT2D eigenvalue weighted by Crippen LogP contribution is 2.40. The molecule has 1 atom stereocenters. The SMILES string of the molecule is CC1(C)Oc2c(C(=O)C=Cc3ccccc3)ccc(O)c2CC1O. The van der Waals surface area contributed by atoms with Gasteiger partial charge >= 0.3 is 0 Å². The number of aromatic hydroxyl groups is 1. The molecule has 2 aromatic carbocycles. The van der Waals surface area contributed by atoms with Crippen LogP contribution in [0.25, 0.3) is 6.08 Å². The standard InChI is InChI=1S/C20H20O4/c1-20(2)18(23)12-15-17(22)11-9-14(19(15)24-20)16(21)10-8-13-6-4-3-5-7-13/h3-11,18,22-23H,12H2,1-2H3. The van der Waals surface area contributed by atoms with Gasteiger partial charge in [-0.2, -0.15) is 0 Å². The first-order chi connectivity index (χ1) is 11.4. The van der Waals surface area contributed by atoms with Crippen LogP contribution in [0.4, 0.5) is 0 Å². The number of rotatable bonds is 3. The fourth-order valence-corrected chi connectivity index (χ4v) is 2.72. The summed E-state index contributed by atoms with van der Waals surface area (Å²) in [6.07, 6.45) is 2.73. The van der Waals surface area contributed by atoms with Gasteiger partial charge in [0.1, 0.15) is 17.1 Å². The molecule has 3 rings (SSSR count). The number of carbonyl (C=O) groups is 1. The van der Waals surface area contributed by atoms with Crippen LogP contribution in [0.3, 0.4) is 0 Å². The molecule has 1 heterocycles. The highest BCUT2D eigenvalue weighted by Gasteiger charge is 2.38. The number of phenols is 1. The molecule has 4 nitrogen and oxygen atoms in total. The van der Waals surface area contributed by atoms with Gasteiger partial charge < -0.3 is 14.9 Å². The van der Waals surface area contributed by atoms with Gasteiger partial charge in [0.15, 0.2) is 5.78 Å². The van der Waals surface area contributed by atoms with Crippen LogP contribution in [0.2, 0.25) is 0 Å². The molecule has 0 aromatic heterocycles. The van der Waals surface area contributed by atoms with Gasteiger partial charge in [-0.15, -0.1) is 0 Å². The van der Waals surface area contributed by atoms with E-state index in [4.69, 9.17) is 4.74 Å². The van der Waals surface area contributed by atoms with Crippen LogP contribution in [-0.4, -0.2) is 27.7 Å². The molecule has 124 valence electrons. The number of fused-ring (bicyclic) bond motifs is 1. The molecule has 0 bridgehead atoms. The van der Waals surface area contributed by atoms with E-state index in [1.165, 1.54) is 12.1 Å². The summed E-state index contributed by atoms with van der Waals surface area (Å²) in [5.41, 5.74) is 0.963. The van der Waals surface area contributed by atoms with Crippen LogP contribution >= 0.6 is 0 Å². The van der Waals surface area contributed by atoms with Gasteiger partial charge in [0.2, 0.25) is 0 Å². The van der Waals surface area contributed by atoms with Gasteiger partial charge in [-0.1, -0.05) is 36.4 Å². The predicted octanol–water partition coefficient (Wildman–Crippen LogP) is 3.36. The van der Waals surface area contributed by atoms with E-state index in [0.717, 1.165) is 5.56 Å². The molecule has 2 aromatic rings. The Morgan fingerprint density at radius 3 is 2.62 bits per heavy atom. The molecule has 1 aliphatic rings. The number of hydrogen-bond acceptors (Lipinski definition) is 4. The lowest BCUT2D eigenvalue weighted by Crippen LogP contribution is -2.46. The second-order valence-corrected chi connectivity index (χ2v) is 6.47. The lowest BCUT2D eigenvalue weighted by Gasteiger charge is -2.37. The Kier molecular flexibility index (Phi) is 4.16. The van der Waals surface area contributed by atoms with Gasteiger partial charge in [-0.3, -0.25) is 4.79 Å². The van der Waals surface area contributed by atoms with Crippen LogP contribution in [0, 0.1) is 0 Å². The zero-order valence-electron chi connectivity index (χ0n) is 13.7. The molecular formula is C20H20O4. The zero-order chi connectivity index (χ0) is 17.3. The Morgan fingerprint density at radius 2 is 1.92 bits per heavy atom. The summed E-state index contributed by atoms with van der Waals surface area (Å²) in [6, 6.07) is 12.6. The molecule has 0 fully saturated rings. The number of carbonyl (C=O) groups excluding carboxylic acids is 1. The summed E-state index contributed by atoms with van der Waals surface area (Å²) < 4.78 is 5.85. The monoisotopic (exact) mass is 324 g/mol. The average Bonchev–Trinajstić information content (AvgIpc) is 2.55. The Morgan fingerprint density at radius 1 is 1.21 bits per heavy atom. The van der Waals surface area contributed by atoms with E-state index in [1.807, 2.05) is 30.3 Å². The number of aliphatic hydroxyl groups excluding tert-OH is 1. The molecule has 2 N–H and O–H groups in total. The van der Waals surface area contributed by atoms with Crippen molar-refractivity contribution in [2.75, 3.05) is 0 Å². The molecule has 0 spiro atoms. The van der Waals surface area contributed by atoms with Crippen molar-refractivity contribution in [1.29, 1.82) is 0 Å². The molecule has 24 heavy (non-hydrogen) atoms. The van der Waals surface area contributed by atoms with E-state index < -0.39 is 11.7 Å². The van der Waals surface area contributed by atoms with Gasteiger partial charge in [0, 0.05) is 12.0 Å². The minimum absolute atomic E-state index is 0.0307. The van der Waals surface area contributed by atoms with Crippen LogP contribution in [0.1, 0.15) is 35.3 Å². The predicted molar refractivity (Wildman–Crippen MR) is 92.3 cm³/mol. The summed E-state index contributed by atoms with van der Waals surface area (Å²) in [6.45, 7) is 3.53. The second-order valence-electron chi connectivity index (χ2n) is 6.47. The molecule has 0 amide bonds. The summed E-state index contributed by atoms with van der Waals surface area (Å²) in [5.74, 6) is 0.179. The Balaban J connectivity index is 1.96. The maximum absolute atomic E-state index is 12.6. The van der Waals surface area contributed by atoms with E-state index in [1.54, 1.807) is 26.0 Å². The molecule has 0 radical (unpaired) electrons. The van der Waals surface area contributed by atoms with Crippen LogP contribution in [0.15, 0.2) is 48.5 Å². The largest absolute Gasteiger partial charge is 0.508 e. The van der Waals surface area contributed by atoms with Crippen LogP contribution < -0.4 is 4.74 Å². The average molecular weight is 324 g/mol. The Bertz CT molecular complexity index is 791. The molecule has 4 heteroatoms. The molecule has 0 aliphatic carbocycles. The summed E-state index contributed by atoms with van der Waals surface area (Å²) in [7, 11) is 0. The van der Waals surface area contributed by atoms with Crippen molar-refractivity contribution >= 4 is 11.9 Å². The highest BCUT2D eigenvalue weighted by molar-refractivity contribution is 6.09. The van der Waals surface area contributed by atoms with Crippen molar-refractivity contribution in [3.8, 4) is 11.5 Å². The van der Waals surface area contributed by atoms with E-state index in [9.17, 15) is 15.0 Å². The lowest BCUT2D eigenvalue weighted by atomic mass is 9.88. The van der Waals surface area contributed by atoms with Crippen molar-refractivity contribution in [2.24, 2.45) is 0 Å². The van der Waals surface area contributed by atoms with Gasteiger partial charge in [0.05, 0.1) is 11.7 Å². The number of phenolic OH excluding ortho intramolecular Hbond substituents is 1. The van der Waals surface area contributed by atoms with E-state index >= 15 is 0 Å². The number of ketones is 1. The summed E-state index contributed by atoms with van der Waals surface area (Å²) in [4.78, 5) is 12.6. The van der Waals surface area contributed by atoms with Crippen molar-refractivity contribution in [2.45, 2.75) is 32.0 Å². The van der Waals surface area contributed by atoms with Gasteiger partial charge in [-0.25, -0.2) is 0 Å². The third-order valence-corrected chi connectivity index (χ3v) is 4.29. The first-order valence-corrected chi connectivity index (χ1v) is 7.88. The minimum Gasteiger partial charge on any atom is -0.508 e. The van der Waals surface area contributed by atoms with Crippen molar-refractivity contribution < 1.29 is 19.7 Å². The third kappa shape index (κ3) is 3.05. The molecule has 0 saturated carbocycles. The van der Waals surface area contributed by atoms with Crippen LogP contribution in [-0.2, 0) is 6.42 Å². The zero-order valence-corrected chi connectivity index (χ0v) is 13.7. The van der Waals surface area contributed by atoms with Crippen LogP contribution in [0.5, 0.6) is 11.5 Å². The molecule has 1 aliphatic heterocycles. The fraction of sp³-hybridized carbons (Fsp3) is 0.250. The molecule has 0 saturated heterocycles. The Labute approximate surface area is 141 Å². The number of ether oxygens (including phenoxy) is 1. The van der Waals surface area contributed by atoms with Crippen molar-refractivity contribution in [3.63, 3.8) is 0 Å². The number of hydrogen-bond donors (Lipinski definition) is 2. The highest BCUT2D eigenvalue weighted by atomic mass is 16.5. The first-order valence-electron chi connectivity index (χ1n) is 7.88. The minimum atomic E-state index is -0.820.